The molecule has 0 spiro atoms. The van der Waals surface area contributed by atoms with Crippen LogP contribution in [0.4, 0.5) is 5.69 Å². The number of aromatic nitrogens is 3. The highest BCUT2D eigenvalue weighted by molar-refractivity contribution is 6.08. The molecule has 0 unspecified atom stereocenters. The first-order chi connectivity index (χ1) is 14.5. The number of hydrogen-bond donors (Lipinski definition) is 1. The Morgan fingerprint density at radius 1 is 1.17 bits per heavy atom. The van der Waals surface area contributed by atoms with E-state index < -0.39 is 12.2 Å². The predicted octanol–water partition coefficient (Wildman–Crippen LogP) is 2.47. The van der Waals surface area contributed by atoms with Gasteiger partial charge in [0.15, 0.2) is 12.0 Å². The number of rotatable bonds is 9. The quantitative estimate of drug-likeness (QED) is 0.632. The van der Waals surface area contributed by atoms with E-state index in [1.54, 1.807) is 6.07 Å². The van der Waals surface area contributed by atoms with Crippen molar-refractivity contribution in [3.8, 4) is 0 Å². The van der Waals surface area contributed by atoms with Gasteiger partial charge in [-0.15, -0.1) is 5.10 Å². The molecule has 9 heteroatoms. The van der Waals surface area contributed by atoms with Crippen molar-refractivity contribution in [2.75, 3.05) is 31.6 Å². The molecule has 1 aromatic carbocycles. The molecule has 0 saturated carbocycles. The second-order valence-corrected chi connectivity index (χ2v) is 7.12. The lowest BCUT2D eigenvalue weighted by atomic mass is 10.0. The number of nitrogens with one attached hydrogen (secondary N) is 1. The van der Waals surface area contributed by atoms with Crippen LogP contribution >= 0.6 is 0 Å². The van der Waals surface area contributed by atoms with Crippen molar-refractivity contribution < 1.29 is 19.1 Å². The molecule has 1 aromatic heterocycles. The van der Waals surface area contributed by atoms with Gasteiger partial charge in [0, 0.05) is 26.3 Å². The summed E-state index contributed by atoms with van der Waals surface area (Å²) < 4.78 is 12.5. The number of ether oxygens (including phenoxy) is 2. The van der Waals surface area contributed by atoms with Gasteiger partial charge in [-0.05, 0) is 45.2 Å². The van der Waals surface area contributed by atoms with E-state index in [9.17, 15) is 9.59 Å². The normalized spacial score (nSPS) is 13.8. The molecule has 162 valence electrons. The fourth-order valence-corrected chi connectivity index (χ4v) is 3.49. The summed E-state index contributed by atoms with van der Waals surface area (Å²) in [5, 5.41) is 10.8. The van der Waals surface area contributed by atoms with Crippen LogP contribution in [0.3, 0.4) is 0 Å². The Kier molecular flexibility index (Phi) is 7.53. The molecule has 30 heavy (non-hydrogen) atoms. The summed E-state index contributed by atoms with van der Waals surface area (Å²) in [5.74, 6) is -0.479. The molecule has 1 aliphatic rings. The Morgan fingerprint density at radius 3 is 2.53 bits per heavy atom. The van der Waals surface area contributed by atoms with Crippen LogP contribution < -0.4 is 5.32 Å². The molecule has 1 N–H and O–H groups in total. The SMILES string of the molecule is CCOC(Cn1cc(C(=O)Nc2cccc(C)c2C(=O)N2CCCC2)nn1)OCC. The van der Waals surface area contributed by atoms with E-state index in [0.29, 0.717) is 31.0 Å². The van der Waals surface area contributed by atoms with Gasteiger partial charge in [0.1, 0.15) is 0 Å². The number of likely N-dealkylation sites (tertiary alicyclic amines) is 1. The van der Waals surface area contributed by atoms with E-state index in [1.165, 1.54) is 10.9 Å². The van der Waals surface area contributed by atoms with Crippen molar-refractivity contribution in [1.82, 2.24) is 19.9 Å². The number of amides is 2. The van der Waals surface area contributed by atoms with Crippen LogP contribution in [0.2, 0.25) is 0 Å². The van der Waals surface area contributed by atoms with Gasteiger partial charge in [0.25, 0.3) is 11.8 Å². The highest BCUT2D eigenvalue weighted by atomic mass is 16.7. The lowest BCUT2D eigenvalue weighted by Crippen LogP contribution is -2.29. The second kappa shape index (κ2) is 10.3. The van der Waals surface area contributed by atoms with Crippen LogP contribution in [-0.4, -0.2) is 64.3 Å². The number of carbonyl (C=O) groups is 2. The fourth-order valence-electron chi connectivity index (χ4n) is 3.49. The molecule has 2 heterocycles. The summed E-state index contributed by atoms with van der Waals surface area (Å²) in [6.07, 6.45) is 3.09. The molecule has 9 nitrogen and oxygen atoms in total. The van der Waals surface area contributed by atoms with Crippen LogP contribution in [0.25, 0.3) is 0 Å². The summed E-state index contributed by atoms with van der Waals surface area (Å²) >= 11 is 0. The highest BCUT2D eigenvalue weighted by Gasteiger charge is 2.24. The molecule has 0 bridgehead atoms. The molecule has 1 fully saturated rings. The molecule has 1 saturated heterocycles. The van der Waals surface area contributed by atoms with E-state index in [1.807, 2.05) is 37.8 Å². The number of aryl methyl sites for hydroxylation is 1. The Bertz CT molecular complexity index is 870. The summed E-state index contributed by atoms with van der Waals surface area (Å²) in [5.41, 5.74) is 1.98. The Morgan fingerprint density at radius 2 is 1.87 bits per heavy atom. The topological polar surface area (TPSA) is 98.6 Å². The van der Waals surface area contributed by atoms with Crippen molar-refractivity contribution in [1.29, 1.82) is 0 Å². The molecule has 1 aliphatic heterocycles. The van der Waals surface area contributed by atoms with Crippen molar-refractivity contribution >= 4 is 17.5 Å². The van der Waals surface area contributed by atoms with Crippen LogP contribution in [0.5, 0.6) is 0 Å². The lowest BCUT2D eigenvalue weighted by Gasteiger charge is -2.19. The maximum absolute atomic E-state index is 13.0. The molecule has 3 rings (SSSR count). The van der Waals surface area contributed by atoms with E-state index in [0.717, 1.165) is 31.5 Å². The molecule has 0 radical (unpaired) electrons. The minimum atomic E-state index is -0.459. The van der Waals surface area contributed by atoms with Gasteiger partial charge >= 0.3 is 0 Å². The van der Waals surface area contributed by atoms with Crippen molar-refractivity contribution in [3.05, 3.63) is 41.2 Å². The van der Waals surface area contributed by atoms with Gasteiger partial charge in [-0.25, -0.2) is 4.68 Å². The predicted molar refractivity (Wildman–Crippen MR) is 111 cm³/mol. The highest BCUT2D eigenvalue weighted by Crippen LogP contribution is 2.24. The monoisotopic (exact) mass is 415 g/mol. The summed E-state index contributed by atoms with van der Waals surface area (Å²) in [6, 6.07) is 5.42. The maximum Gasteiger partial charge on any atom is 0.277 e. The Hall–Kier alpha value is -2.78. The van der Waals surface area contributed by atoms with E-state index in [-0.39, 0.29) is 11.6 Å². The first kappa shape index (κ1) is 21.9. The van der Waals surface area contributed by atoms with Crippen LogP contribution in [0.15, 0.2) is 24.4 Å². The zero-order chi connectivity index (χ0) is 21.5. The largest absolute Gasteiger partial charge is 0.351 e. The lowest BCUT2D eigenvalue weighted by molar-refractivity contribution is -0.145. The smallest absolute Gasteiger partial charge is 0.277 e. The zero-order valence-electron chi connectivity index (χ0n) is 17.8. The number of nitrogens with zero attached hydrogens (tertiary/aromatic N) is 4. The summed E-state index contributed by atoms with van der Waals surface area (Å²) in [7, 11) is 0. The third kappa shape index (κ3) is 5.22. The van der Waals surface area contributed by atoms with Gasteiger partial charge in [0.05, 0.1) is 24.0 Å². The average molecular weight is 415 g/mol. The second-order valence-electron chi connectivity index (χ2n) is 7.12. The number of anilines is 1. The fraction of sp³-hybridized carbons (Fsp3) is 0.524. The van der Waals surface area contributed by atoms with E-state index >= 15 is 0 Å². The van der Waals surface area contributed by atoms with Crippen LogP contribution in [0, 0.1) is 6.92 Å². The molecular weight excluding hydrogens is 386 g/mol. The minimum absolute atomic E-state index is 0.0548. The molecule has 0 aliphatic carbocycles. The Labute approximate surface area is 176 Å². The van der Waals surface area contributed by atoms with Crippen LogP contribution in [0.1, 0.15) is 53.1 Å². The van der Waals surface area contributed by atoms with Crippen molar-refractivity contribution in [2.45, 2.75) is 46.4 Å². The molecule has 0 atom stereocenters. The number of carbonyl (C=O) groups excluding carboxylic acids is 2. The standard InChI is InChI=1S/C21H29N5O4/c1-4-29-18(30-5-2)14-26-13-17(23-24-26)20(27)22-16-10-8-9-15(3)19(16)21(28)25-11-6-7-12-25/h8-10,13,18H,4-7,11-12,14H2,1-3H3,(H,22,27). The molecular formula is C21H29N5O4. The van der Waals surface area contributed by atoms with E-state index in [4.69, 9.17) is 9.47 Å². The van der Waals surface area contributed by atoms with Gasteiger partial charge in [-0.2, -0.15) is 0 Å². The van der Waals surface area contributed by atoms with Gasteiger partial charge in [-0.3, -0.25) is 9.59 Å². The molecule has 2 amide bonds. The average Bonchev–Trinajstić information content (AvgIpc) is 3.40. The van der Waals surface area contributed by atoms with Crippen molar-refractivity contribution in [3.63, 3.8) is 0 Å². The number of benzene rings is 1. The van der Waals surface area contributed by atoms with Crippen LogP contribution in [-0.2, 0) is 16.0 Å². The van der Waals surface area contributed by atoms with E-state index in [2.05, 4.69) is 15.6 Å². The summed E-state index contributed by atoms with van der Waals surface area (Å²) in [4.78, 5) is 27.6. The zero-order valence-corrected chi connectivity index (χ0v) is 17.8. The van der Waals surface area contributed by atoms with Gasteiger partial charge in [0.2, 0.25) is 0 Å². The summed E-state index contributed by atoms with van der Waals surface area (Å²) in [6.45, 7) is 8.47. The number of hydrogen-bond acceptors (Lipinski definition) is 6. The minimum Gasteiger partial charge on any atom is -0.351 e. The maximum atomic E-state index is 13.0. The van der Waals surface area contributed by atoms with Gasteiger partial charge in [-0.1, -0.05) is 17.3 Å². The molecule has 2 aromatic rings. The van der Waals surface area contributed by atoms with Crippen molar-refractivity contribution in [2.24, 2.45) is 0 Å². The first-order valence-corrected chi connectivity index (χ1v) is 10.4. The van der Waals surface area contributed by atoms with Gasteiger partial charge < -0.3 is 19.7 Å². The third-order valence-electron chi connectivity index (χ3n) is 4.94. The first-order valence-electron chi connectivity index (χ1n) is 10.4. The third-order valence-corrected chi connectivity index (χ3v) is 4.94. The Balaban J connectivity index is 1.73.